The molecule has 1 rings (SSSR count). The lowest BCUT2D eigenvalue weighted by Crippen LogP contribution is -2.21. The Kier molecular flexibility index (Phi) is 8.02. The summed E-state index contributed by atoms with van der Waals surface area (Å²) in [5.41, 5.74) is 0. The van der Waals surface area contributed by atoms with E-state index in [-0.39, 0.29) is 18.5 Å². The Labute approximate surface area is 114 Å². The van der Waals surface area contributed by atoms with Crippen molar-refractivity contribution in [3.05, 3.63) is 0 Å². The largest absolute Gasteiger partial charge is 0.508 e. The standard InChI is InChI=1S/C14H24O5/c1-2-9-18-14(16)19-11-6-10-17-13(15)12-7-4-3-5-8-12/h12H,2-11H2,1H3. The van der Waals surface area contributed by atoms with Gasteiger partial charge in [-0.15, -0.1) is 0 Å². The molecule has 0 N–H and O–H groups in total. The van der Waals surface area contributed by atoms with E-state index in [1.54, 1.807) is 0 Å². The second-order valence-corrected chi connectivity index (χ2v) is 4.80. The zero-order chi connectivity index (χ0) is 13.9. The van der Waals surface area contributed by atoms with Gasteiger partial charge in [-0.2, -0.15) is 0 Å². The number of hydrogen-bond donors (Lipinski definition) is 0. The van der Waals surface area contributed by atoms with Crippen LogP contribution in [-0.4, -0.2) is 31.9 Å². The van der Waals surface area contributed by atoms with Gasteiger partial charge in [-0.25, -0.2) is 4.79 Å². The van der Waals surface area contributed by atoms with Crippen LogP contribution in [0.4, 0.5) is 4.79 Å². The molecule has 0 atom stereocenters. The van der Waals surface area contributed by atoms with Gasteiger partial charge in [0.2, 0.25) is 0 Å². The number of ether oxygens (including phenoxy) is 3. The molecule has 19 heavy (non-hydrogen) atoms. The van der Waals surface area contributed by atoms with Crippen LogP contribution in [0.15, 0.2) is 0 Å². The van der Waals surface area contributed by atoms with Crippen molar-refractivity contribution in [3.8, 4) is 0 Å². The maximum Gasteiger partial charge on any atom is 0.508 e. The zero-order valence-electron chi connectivity index (χ0n) is 11.7. The van der Waals surface area contributed by atoms with Gasteiger partial charge in [-0.05, 0) is 19.3 Å². The molecule has 1 aliphatic carbocycles. The van der Waals surface area contributed by atoms with Crippen LogP contribution < -0.4 is 0 Å². The summed E-state index contributed by atoms with van der Waals surface area (Å²) in [6, 6.07) is 0. The van der Waals surface area contributed by atoms with Gasteiger partial charge >= 0.3 is 12.1 Å². The fourth-order valence-electron chi connectivity index (χ4n) is 2.07. The Bertz CT molecular complexity index is 271. The number of carbonyl (C=O) groups is 2. The van der Waals surface area contributed by atoms with E-state index in [0.717, 1.165) is 32.1 Å². The second kappa shape index (κ2) is 9.64. The summed E-state index contributed by atoms with van der Waals surface area (Å²) < 4.78 is 14.7. The Morgan fingerprint density at radius 1 is 0.947 bits per heavy atom. The van der Waals surface area contributed by atoms with Gasteiger partial charge in [0.15, 0.2) is 0 Å². The first-order valence-corrected chi connectivity index (χ1v) is 7.20. The second-order valence-electron chi connectivity index (χ2n) is 4.80. The van der Waals surface area contributed by atoms with Crippen LogP contribution >= 0.6 is 0 Å². The van der Waals surface area contributed by atoms with Crippen molar-refractivity contribution in [2.45, 2.75) is 51.9 Å². The van der Waals surface area contributed by atoms with Crippen molar-refractivity contribution in [1.82, 2.24) is 0 Å². The van der Waals surface area contributed by atoms with Gasteiger partial charge in [-0.3, -0.25) is 4.79 Å². The van der Waals surface area contributed by atoms with E-state index in [4.69, 9.17) is 14.2 Å². The number of hydrogen-bond acceptors (Lipinski definition) is 5. The van der Waals surface area contributed by atoms with Crippen molar-refractivity contribution < 1.29 is 23.8 Å². The molecule has 0 heterocycles. The third-order valence-corrected chi connectivity index (χ3v) is 3.12. The van der Waals surface area contributed by atoms with Crippen molar-refractivity contribution in [2.24, 2.45) is 5.92 Å². The molecule has 0 saturated heterocycles. The third kappa shape index (κ3) is 7.03. The summed E-state index contributed by atoms with van der Waals surface area (Å²) in [4.78, 5) is 22.7. The fraction of sp³-hybridized carbons (Fsp3) is 0.857. The molecule has 5 nitrogen and oxygen atoms in total. The van der Waals surface area contributed by atoms with E-state index in [1.165, 1.54) is 6.42 Å². The first-order valence-electron chi connectivity index (χ1n) is 7.20. The van der Waals surface area contributed by atoms with Gasteiger partial charge in [-0.1, -0.05) is 26.2 Å². The van der Waals surface area contributed by atoms with Crippen molar-refractivity contribution in [1.29, 1.82) is 0 Å². The Morgan fingerprint density at radius 3 is 2.26 bits per heavy atom. The number of esters is 1. The topological polar surface area (TPSA) is 61.8 Å². The highest BCUT2D eigenvalue weighted by atomic mass is 16.7. The molecular weight excluding hydrogens is 248 g/mol. The van der Waals surface area contributed by atoms with Crippen LogP contribution in [-0.2, 0) is 19.0 Å². The highest BCUT2D eigenvalue weighted by Crippen LogP contribution is 2.24. The van der Waals surface area contributed by atoms with Gasteiger partial charge in [0.1, 0.15) is 0 Å². The van der Waals surface area contributed by atoms with Gasteiger partial charge in [0, 0.05) is 6.42 Å². The molecule has 0 aromatic carbocycles. The molecule has 0 aromatic rings. The molecule has 0 aliphatic heterocycles. The Balaban J connectivity index is 1.97. The third-order valence-electron chi connectivity index (χ3n) is 3.12. The maximum absolute atomic E-state index is 11.7. The molecule has 110 valence electrons. The molecular formula is C14H24O5. The predicted molar refractivity (Wildman–Crippen MR) is 69.7 cm³/mol. The van der Waals surface area contributed by atoms with E-state index in [0.29, 0.717) is 19.6 Å². The molecule has 5 heteroatoms. The molecule has 0 unspecified atom stereocenters. The van der Waals surface area contributed by atoms with Crippen molar-refractivity contribution >= 4 is 12.1 Å². The number of rotatable bonds is 7. The molecule has 0 aromatic heterocycles. The summed E-state index contributed by atoms with van der Waals surface area (Å²) in [5, 5.41) is 0. The average molecular weight is 272 g/mol. The summed E-state index contributed by atoms with van der Waals surface area (Å²) in [6.07, 6.45) is 5.97. The normalized spacial score (nSPS) is 15.8. The summed E-state index contributed by atoms with van der Waals surface area (Å²) in [7, 11) is 0. The van der Waals surface area contributed by atoms with E-state index < -0.39 is 6.16 Å². The fourth-order valence-corrected chi connectivity index (χ4v) is 2.07. The molecule has 1 aliphatic rings. The highest BCUT2D eigenvalue weighted by Gasteiger charge is 2.22. The van der Waals surface area contributed by atoms with Crippen LogP contribution in [0.1, 0.15) is 51.9 Å². The molecule has 0 radical (unpaired) electrons. The molecule has 0 bridgehead atoms. The summed E-state index contributed by atoms with van der Waals surface area (Å²) in [6.45, 7) is 2.81. The molecule has 1 saturated carbocycles. The van der Waals surface area contributed by atoms with Crippen molar-refractivity contribution in [2.75, 3.05) is 19.8 Å². The summed E-state index contributed by atoms with van der Waals surface area (Å²) >= 11 is 0. The van der Waals surface area contributed by atoms with Crippen LogP contribution in [0.25, 0.3) is 0 Å². The Hall–Kier alpha value is -1.26. The van der Waals surface area contributed by atoms with Gasteiger partial charge in [0.05, 0.1) is 25.7 Å². The van der Waals surface area contributed by atoms with Gasteiger partial charge < -0.3 is 14.2 Å². The smallest absolute Gasteiger partial charge is 0.465 e. The van der Waals surface area contributed by atoms with E-state index >= 15 is 0 Å². The first kappa shape index (κ1) is 15.8. The van der Waals surface area contributed by atoms with Crippen LogP contribution in [0.2, 0.25) is 0 Å². The average Bonchev–Trinajstić information content (AvgIpc) is 2.45. The number of carbonyl (C=O) groups excluding carboxylic acids is 2. The van der Waals surface area contributed by atoms with Crippen LogP contribution in [0.3, 0.4) is 0 Å². The lowest BCUT2D eigenvalue weighted by Gasteiger charge is -2.19. The first-order chi connectivity index (χ1) is 9.24. The minimum Gasteiger partial charge on any atom is -0.465 e. The van der Waals surface area contributed by atoms with Crippen LogP contribution in [0.5, 0.6) is 0 Å². The minimum atomic E-state index is -0.652. The molecule has 0 amide bonds. The zero-order valence-corrected chi connectivity index (χ0v) is 11.7. The quantitative estimate of drug-likeness (QED) is 0.526. The van der Waals surface area contributed by atoms with E-state index in [1.807, 2.05) is 6.92 Å². The monoisotopic (exact) mass is 272 g/mol. The highest BCUT2D eigenvalue weighted by molar-refractivity contribution is 5.72. The maximum atomic E-state index is 11.7. The lowest BCUT2D eigenvalue weighted by molar-refractivity contribution is -0.149. The van der Waals surface area contributed by atoms with Gasteiger partial charge in [0.25, 0.3) is 0 Å². The SMILES string of the molecule is CCCOC(=O)OCCCOC(=O)C1CCCCC1. The summed E-state index contributed by atoms with van der Waals surface area (Å²) in [5.74, 6) is -0.0301. The molecule has 0 spiro atoms. The lowest BCUT2D eigenvalue weighted by atomic mass is 9.89. The predicted octanol–water partition coefficient (Wildman–Crippen LogP) is 3.06. The van der Waals surface area contributed by atoms with Crippen molar-refractivity contribution in [3.63, 3.8) is 0 Å². The minimum absolute atomic E-state index is 0.0733. The van der Waals surface area contributed by atoms with E-state index in [9.17, 15) is 9.59 Å². The molecule has 1 fully saturated rings. The Morgan fingerprint density at radius 2 is 1.58 bits per heavy atom. The van der Waals surface area contributed by atoms with Crippen LogP contribution in [0, 0.1) is 5.92 Å². The van der Waals surface area contributed by atoms with E-state index in [2.05, 4.69) is 0 Å².